The van der Waals surface area contributed by atoms with Crippen molar-refractivity contribution < 1.29 is 4.79 Å². The van der Waals surface area contributed by atoms with E-state index < -0.39 is 0 Å². The van der Waals surface area contributed by atoms with Gasteiger partial charge >= 0.3 is 6.03 Å². The first-order valence-electron chi connectivity index (χ1n) is 8.63. The average molecular weight is 340 g/mol. The molecule has 0 unspecified atom stereocenters. The van der Waals surface area contributed by atoms with E-state index in [1.54, 1.807) is 17.3 Å². The van der Waals surface area contributed by atoms with Crippen LogP contribution in [0.4, 0.5) is 4.79 Å². The number of urea groups is 1. The van der Waals surface area contributed by atoms with Crippen LogP contribution in [-0.2, 0) is 6.54 Å². The quantitative estimate of drug-likeness (QED) is 0.841. The second-order valence-electron chi connectivity index (χ2n) is 6.51. The van der Waals surface area contributed by atoms with Crippen LogP contribution in [0.15, 0.2) is 54.9 Å². The summed E-state index contributed by atoms with van der Waals surface area (Å²) in [5.41, 5.74) is 2.29. The first-order valence-corrected chi connectivity index (χ1v) is 8.63. The molecule has 0 saturated heterocycles. The molecular formula is C20H28N4O. The molecule has 0 bridgehead atoms. The van der Waals surface area contributed by atoms with Crippen LogP contribution >= 0.6 is 0 Å². The van der Waals surface area contributed by atoms with Crippen molar-refractivity contribution in [1.82, 2.24) is 20.1 Å². The highest BCUT2D eigenvalue weighted by atomic mass is 16.2. The third-order valence-corrected chi connectivity index (χ3v) is 4.64. The predicted molar refractivity (Wildman–Crippen MR) is 101 cm³/mol. The molecule has 0 aliphatic rings. The van der Waals surface area contributed by atoms with Crippen LogP contribution in [0.1, 0.15) is 31.0 Å². The Morgan fingerprint density at radius 2 is 1.84 bits per heavy atom. The fourth-order valence-corrected chi connectivity index (χ4v) is 2.57. The van der Waals surface area contributed by atoms with Crippen molar-refractivity contribution in [3.8, 4) is 0 Å². The van der Waals surface area contributed by atoms with Crippen LogP contribution in [0.3, 0.4) is 0 Å². The molecule has 2 atom stereocenters. The molecule has 25 heavy (non-hydrogen) atoms. The van der Waals surface area contributed by atoms with Gasteiger partial charge in [-0.2, -0.15) is 0 Å². The minimum Gasteiger partial charge on any atom is -0.336 e. The molecule has 2 amide bonds. The summed E-state index contributed by atoms with van der Waals surface area (Å²) in [5, 5.41) is 3.02. The number of likely N-dealkylation sites (N-methyl/N-ethyl adjacent to an activating group) is 1. The Kier molecular flexibility index (Phi) is 6.95. The van der Waals surface area contributed by atoms with Crippen molar-refractivity contribution in [3.63, 3.8) is 0 Å². The zero-order chi connectivity index (χ0) is 18.2. The monoisotopic (exact) mass is 340 g/mol. The molecule has 5 heteroatoms. The van der Waals surface area contributed by atoms with Gasteiger partial charge in [-0.25, -0.2) is 4.79 Å². The van der Waals surface area contributed by atoms with Gasteiger partial charge < -0.3 is 10.2 Å². The number of carbonyl (C=O) groups is 1. The van der Waals surface area contributed by atoms with Crippen molar-refractivity contribution >= 4 is 6.03 Å². The van der Waals surface area contributed by atoms with Crippen LogP contribution in [0.25, 0.3) is 0 Å². The second kappa shape index (κ2) is 9.18. The highest BCUT2D eigenvalue weighted by Gasteiger charge is 2.18. The van der Waals surface area contributed by atoms with E-state index in [2.05, 4.69) is 41.3 Å². The largest absolute Gasteiger partial charge is 0.336 e. The van der Waals surface area contributed by atoms with Gasteiger partial charge in [0.25, 0.3) is 0 Å². The van der Waals surface area contributed by atoms with E-state index in [-0.39, 0.29) is 18.1 Å². The lowest BCUT2D eigenvalue weighted by Gasteiger charge is -2.28. The van der Waals surface area contributed by atoms with E-state index in [4.69, 9.17) is 0 Å². The Labute approximate surface area is 150 Å². The Morgan fingerprint density at radius 3 is 2.48 bits per heavy atom. The first-order chi connectivity index (χ1) is 12.0. The highest BCUT2D eigenvalue weighted by Crippen LogP contribution is 2.17. The summed E-state index contributed by atoms with van der Waals surface area (Å²) in [7, 11) is 3.89. The number of nitrogens with one attached hydrogen (secondary N) is 1. The number of amides is 2. The molecule has 1 aromatic carbocycles. The number of benzene rings is 1. The van der Waals surface area contributed by atoms with Gasteiger partial charge in [-0.1, -0.05) is 36.4 Å². The lowest BCUT2D eigenvalue weighted by molar-refractivity contribution is 0.186. The Hall–Kier alpha value is -2.40. The maximum Gasteiger partial charge on any atom is 0.317 e. The molecule has 5 nitrogen and oxygen atoms in total. The maximum absolute atomic E-state index is 12.4. The van der Waals surface area contributed by atoms with Crippen molar-refractivity contribution in [3.05, 3.63) is 66.0 Å². The fourth-order valence-electron chi connectivity index (χ4n) is 2.57. The van der Waals surface area contributed by atoms with E-state index in [0.717, 1.165) is 12.1 Å². The fraction of sp³-hybridized carbons (Fsp3) is 0.400. The standard InChI is InChI=1S/C20H28N4O/c1-16(23(3)15-18-9-6-5-7-10-18)13-22-20(25)24(4)17(2)19-11-8-12-21-14-19/h5-12,14,16-17H,13,15H2,1-4H3,(H,22,25)/t16-,17+/m0/s1. The minimum absolute atomic E-state index is 0.0222. The van der Waals surface area contributed by atoms with Crippen molar-refractivity contribution in [1.29, 1.82) is 0 Å². The van der Waals surface area contributed by atoms with Crippen LogP contribution in [-0.4, -0.2) is 47.5 Å². The van der Waals surface area contributed by atoms with Crippen LogP contribution in [0, 0.1) is 0 Å². The van der Waals surface area contributed by atoms with Crippen LogP contribution in [0.5, 0.6) is 0 Å². The number of nitrogens with zero attached hydrogens (tertiary/aromatic N) is 3. The minimum atomic E-state index is -0.0729. The number of aromatic nitrogens is 1. The van der Waals surface area contributed by atoms with Gasteiger partial charge in [0.2, 0.25) is 0 Å². The van der Waals surface area contributed by atoms with E-state index in [9.17, 15) is 4.79 Å². The van der Waals surface area contributed by atoms with Gasteiger partial charge in [-0.05, 0) is 38.1 Å². The molecule has 134 valence electrons. The van der Waals surface area contributed by atoms with Gasteiger partial charge in [0.15, 0.2) is 0 Å². The molecule has 1 heterocycles. The molecule has 0 aliphatic carbocycles. The summed E-state index contributed by atoms with van der Waals surface area (Å²) in [5.74, 6) is 0. The smallest absolute Gasteiger partial charge is 0.317 e. The second-order valence-corrected chi connectivity index (χ2v) is 6.51. The number of hydrogen-bond donors (Lipinski definition) is 1. The molecule has 1 N–H and O–H groups in total. The molecular weight excluding hydrogens is 312 g/mol. The van der Waals surface area contributed by atoms with Gasteiger partial charge in [0, 0.05) is 38.6 Å². The average Bonchev–Trinajstić information content (AvgIpc) is 2.66. The van der Waals surface area contributed by atoms with E-state index in [1.165, 1.54) is 5.56 Å². The highest BCUT2D eigenvalue weighted by molar-refractivity contribution is 5.74. The van der Waals surface area contributed by atoms with Gasteiger partial charge in [-0.3, -0.25) is 9.88 Å². The summed E-state index contributed by atoms with van der Waals surface area (Å²) in [6.45, 7) is 5.58. The summed E-state index contributed by atoms with van der Waals surface area (Å²) >= 11 is 0. The molecule has 2 aromatic rings. The van der Waals surface area contributed by atoms with E-state index in [0.29, 0.717) is 6.54 Å². The molecule has 2 rings (SSSR count). The lowest BCUT2D eigenvalue weighted by atomic mass is 10.1. The van der Waals surface area contributed by atoms with E-state index in [1.807, 2.05) is 44.3 Å². The van der Waals surface area contributed by atoms with Gasteiger partial charge in [0.05, 0.1) is 6.04 Å². The molecule has 0 saturated carbocycles. The Bertz CT molecular complexity index is 647. The summed E-state index contributed by atoms with van der Waals surface area (Å²) < 4.78 is 0. The molecule has 1 aromatic heterocycles. The number of carbonyl (C=O) groups excluding carboxylic acids is 1. The van der Waals surface area contributed by atoms with E-state index >= 15 is 0 Å². The van der Waals surface area contributed by atoms with Gasteiger partial charge in [-0.15, -0.1) is 0 Å². The van der Waals surface area contributed by atoms with Crippen molar-refractivity contribution in [2.24, 2.45) is 0 Å². The predicted octanol–water partition coefficient (Wildman–Crippen LogP) is 3.30. The Balaban J connectivity index is 1.82. The van der Waals surface area contributed by atoms with Crippen LogP contribution < -0.4 is 5.32 Å². The van der Waals surface area contributed by atoms with Crippen molar-refractivity contribution in [2.75, 3.05) is 20.6 Å². The SMILES string of the molecule is C[C@H](c1cccnc1)N(C)C(=O)NC[C@H](C)N(C)Cc1ccccc1. The number of pyridine rings is 1. The first kappa shape index (κ1) is 18.9. The number of rotatable bonds is 7. The molecule has 0 fully saturated rings. The lowest BCUT2D eigenvalue weighted by Crippen LogP contribution is -2.45. The Morgan fingerprint density at radius 1 is 1.12 bits per heavy atom. The number of hydrogen-bond acceptors (Lipinski definition) is 3. The molecule has 0 aliphatic heterocycles. The zero-order valence-corrected chi connectivity index (χ0v) is 15.5. The van der Waals surface area contributed by atoms with Crippen LogP contribution in [0.2, 0.25) is 0 Å². The summed E-state index contributed by atoms with van der Waals surface area (Å²) in [6.07, 6.45) is 3.53. The third-order valence-electron chi connectivity index (χ3n) is 4.64. The topological polar surface area (TPSA) is 48.5 Å². The van der Waals surface area contributed by atoms with Gasteiger partial charge in [0.1, 0.15) is 0 Å². The maximum atomic E-state index is 12.4. The molecule has 0 spiro atoms. The zero-order valence-electron chi connectivity index (χ0n) is 15.5. The molecule has 0 radical (unpaired) electrons. The summed E-state index contributed by atoms with van der Waals surface area (Å²) in [6, 6.07) is 14.4. The summed E-state index contributed by atoms with van der Waals surface area (Å²) in [4.78, 5) is 20.5. The normalized spacial score (nSPS) is 13.3. The third kappa shape index (κ3) is 5.57. The van der Waals surface area contributed by atoms with Crippen molar-refractivity contribution in [2.45, 2.75) is 32.5 Å².